The summed E-state index contributed by atoms with van der Waals surface area (Å²) < 4.78 is 0. The zero-order valence-electron chi connectivity index (χ0n) is 12.5. The van der Waals surface area contributed by atoms with E-state index >= 15 is 0 Å². The van der Waals surface area contributed by atoms with Gasteiger partial charge in [-0.25, -0.2) is 4.98 Å². The molecule has 0 radical (unpaired) electrons. The molecule has 1 N–H and O–H groups in total. The van der Waals surface area contributed by atoms with Gasteiger partial charge in [-0.1, -0.05) is 6.92 Å². The molecule has 1 fully saturated rings. The molecule has 19 heavy (non-hydrogen) atoms. The monoisotopic (exact) mass is 281 g/mol. The summed E-state index contributed by atoms with van der Waals surface area (Å²) >= 11 is 1.76. The van der Waals surface area contributed by atoms with Gasteiger partial charge in [0, 0.05) is 17.5 Å². The second-order valence-corrected chi connectivity index (χ2v) is 6.65. The maximum absolute atomic E-state index is 4.31. The van der Waals surface area contributed by atoms with Gasteiger partial charge < -0.3 is 10.2 Å². The van der Waals surface area contributed by atoms with Crippen LogP contribution in [0.4, 0.5) is 0 Å². The minimum absolute atomic E-state index is 0.616. The molecule has 1 saturated heterocycles. The zero-order chi connectivity index (χ0) is 13.7. The molecule has 4 heteroatoms. The minimum atomic E-state index is 0.616. The van der Waals surface area contributed by atoms with Gasteiger partial charge >= 0.3 is 0 Å². The molecule has 108 valence electrons. The topological polar surface area (TPSA) is 28.2 Å². The highest BCUT2D eigenvalue weighted by molar-refractivity contribution is 7.09. The molecule has 0 aliphatic carbocycles. The lowest BCUT2D eigenvalue weighted by atomic mass is 9.90. The minimum Gasteiger partial charge on any atom is -0.309 e. The summed E-state index contributed by atoms with van der Waals surface area (Å²) in [6.45, 7) is 11.5. The fourth-order valence-corrected chi connectivity index (χ4v) is 3.64. The van der Waals surface area contributed by atoms with Gasteiger partial charge in [0.15, 0.2) is 0 Å². The number of piperidine rings is 1. The lowest BCUT2D eigenvalue weighted by Gasteiger charge is -2.35. The first-order valence-corrected chi connectivity index (χ1v) is 8.43. The molecule has 0 aromatic carbocycles. The number of likely N-dealkylation sites (tertiary alicyclic amines) is 1. The molecule has 2 heterocycles. The predicted octanol–water partition coefficient (Wildman–Crippen LogP) is 3.05. The summed E-state index contributed by atoms with van der Waals surface area (Å²) in [6.07, 6.45) is 3.97. The van der Waals surface area contributed by atoms with E-state index in [9.17, 15) is 0 Å². The van der Waals surface area contributed by atoms with Crippen LogP contribution in [-0.4, -0.2) is 35.6 Å². The third kappa shape index (κ3) is 4.26. The van der Waals surface area contributed by atoms with Crippen LogP contribution in [0.3, 0.4) is 0 Å². The highest BCUT2D eigenvalue weighted by Crippen LogP contribution is 2.21. The van der Waals surface area contributed by atoms with Crippen LogP contribution in [0.1, 0.15) is 43.7 Å². The molecular weight excluding hydrogens is 254 g/mol. The van der Waals surface area contributed by atoms with Gasteiger partial charge in [-0.2, -0.15) is 0 Å². The largest absolute Gasteiger partial charge is 0.309 e. The van der Waals surface area contributed by atoms with Crippen LogP contribution < -0.4 is 5.32 Å². The van der Waals surface area contributed by atoms with Crippen LogP contribution in [0.2, 0.25) is 0 Å². The van der Waals surface area contributed by atoms with Crippen molar-refractivity contribution in [3.8, 4) is 0 Å². The Labute approximate surface area is 121 Å². The molecule has 1 aliphatic rings. The number of hydrogen-bond donors (Lipinski definition) is 1. The van der Waals surface area contributed by atoms with Crippen molar-refractivity contribution in [2.45, 2.75) is 52.6 Å². The van der Waals surface area contributed by atoms with E-state index in [4.69, 9.17) is 0 Å². The first-order valence-electron chi connectivity index (χ1n) is 7.55. The van der Waals surface area contributed by atoms with E-state index in [-0.39, 0.29) is 0 Å². The molecule has 0 bridgehead atoms. The standard InChI is InChI=1S/C15H27N3S/c1-4-7-18-8-5-14(6-9-18)12(2)16-10-15-13(3)17-11-19-15/h11-12,14,16H,4-10H2,1-3H3. The Kier molecular flexibility index (Phi) is 5.79. The summed E-state index contributed by atoms with van der Waals surface area (Å²) in [5.41, 5.74) is 3.13. The van der Waals surface area contributed by atoms with Gasteiger partial charge in [-0.05, 0) is 58.7 Å². The summed E-state index contributed by atoms with van der Waals surface area (Å²) in [5.74, 6) is 0.835. The third-order valence-corrected chi connectivity index (χ3v) is 5.24. The third-order valence-electron chi connectivity index (χ3n) is 4.31. The van der Waals surface area contributed by atoms with Crippen molar-refractivity contribution in [1.82, 2.24) is 15.2 Å². The van der Waals surface area contributed by atoms with E-state index in [0.29, 0.717) is 6.04 Å². The lowest BCUT2D eigenvalue weighted by Crippen LogP contribution is -2.41. The number of rotatable bonds is 6. The smallest absolute Gasteiger partial charge is 0.0798 e. The van der Waals surface area contributed by atoms with Gasteiger partial charge in [-0.3, -0.25) is 0 Å². The van der Waals surface area contributed by atoms with Crippen molar-refractivity contribution < 1.29 is 0 Å². The van der Waals surface area contributed by atoms with Crippen LogP contribution in [0.5, 0.6) is 0 Å². The number of thiazole rings is 1. The Morgan fingerprint density at radius 2 is 2.21 bits per heavy atom. The maximum atomic E-state index is 4.31. The Hall–Kier alpha value is -0.450. The van der Waals surface area contributed by atoms with E-state index in [1.54, 1.807) is 11.3 Å². The van der Waals surface area contributed by atoms with E-state index in [1.165, 1.54) is 49.5 Å². The van der Waals surface area contributed by atoms with E-state index in [0.717, 1.165) is 12.5 Å². The average Bonchev–Trinajstić information content (AvgIpc) is 2.83. The molecule has 1 aliphatic heterocycles. The average molecular weight is 281 g/mol. The van der Waals surface area contributed by atoms with Crippen molar-refractivity contribution in [2.75, 3.05) is 19.6 Å². The van der Waals surface area contributed by atoms with Crippen molar-refractivity contribution >= 4 is 11.3 Å². The molecule has 0 amide bonds. The van der Waals surface area contributed by atoms with Crippen LogP contribution in [0, 0.1) is 12.8 Å². The molecular formula is C15H27N3S. The first-order chi connectivity index (χ1) is 9.20. The van der Waals surface area contributed by atoms with Crippen LogP contribution in [-0.2, 0) is 6.54 Å². The molecule has 3 nitrogen and oxygen atoms in total. The van der Waals surface area contributed by atoms with Crippen LogP contribution in [0.25, 0.3) is 0 Å². The Balaban J connectivity index is 1.72. The van der Waals surface area contributed by atoms with E-state index in [1.807, 2.05) is 5.51 Å². The molecule has 1 atom stereocenters. The zero-order valence-corrected chi connectivity index (χ0v) is 13.3. The second kappa shape index (κ2) is 7.36. The number of aromatic nitrogens is 1. The van der Waals surface area contributed by atoms with Gasteiger partial charge in [-0.15, -0.1) is 11.3 Å². The van der Waals surface area contributed by atoms with Crippen molar-refractivity contribution in [2.24, 2.45) is 5.92 Å². The van der Waals surface area contributed by atoms with E-state index in [2.05, 4.69) is 36.0 Å². The van der Waals surface area contributed by atoms with E-state index < -0.39 is 0 Å². The molecule has 0 saturated carbocycles. The van der Waals surface area contributed by atoms with Gasteiger partial charge in [0.25, 0.3) is 0 Å². The van der Waals surface area contributed by atoms with Crippen LogP contribution >= 0.6 is 11.3 Å². The number of nitrogens with zero attached hydrogens (tertiary/aromatic N) is 2. The second-order valence-electron chi connectivity index (χ2n) is 5.71. The summed E-state index contributed by atoms with van der Waals surface area (Å²) in [6, 6.07) is 0.616. The van der Waals surface area contributed by atoms with Crippen molar-refractivity contribution in [1.29, 1.82) is 0 Å². The Morgan fingerprint density at radius 1 is 1.47 bits per heavy atom. The maximum Gasteiger partial charge on any atom is 0.0798 e. The number of aryl methyl sites for hydroxylation is 1. The molecule has 1 unspecified atom stereocenters. The Morgan fingerprint density at radius 3 is 2.79 bits per heavy atom. The SMILES string of the molecule is CCCN1CCC(C(C)NCc2scnc2C)CC1. The fourth-order valence-electron chi connectivity index (χ4n) is 2.91. The summed E-state index contributed by atoms with van der Waals surface area (Å²) in [5, 5.41) is 3.69. The molecule has 1 aromatic heterocycles. The predicted molar refractivity (Wildman–Crippen MR) is 82.6 cm³/mol. The summed E-state index contributed by atoms with van der Waals surface area (Å²) in [7, 11) is 0. The van der Waals surface area contributed by atoms with Crippen LogP contribution in [0.15, 0.2) is 5.51 Å². The molecule has 2 rings (SSSR count). The highest BCUT2D eigenvalue weighted by atomic mass is 32.1. The highest BCUT2D eigenvalue weighted by Gasteiger charge is 2.23. The van der Waals surface area contributed by atoms with Crippen molar-refractivity contribution in [3.63, 3.8) is 0 Å². The van der Waals surface area contributed by atoms with Gasteiger partial charge in [0.1, 0.15) is 0 Å². The van der Waals surface area contributed by atoms with Gasteiger partial charge in [0.05, 0.1) is 11.2 Å². The normalized spacial score (nSPS) is 19.7. The Bertz CT molecular complexity index is 369. The number of hydrogen-bond acceptors (Lipinski definition) is 4. The van der Waals surface area contributed by atoms with Crippen molar-refractivity contribution in [3.05, 3.63) is 16.1 Å². The quantitative estimate of drug-likeness (QED) is 0.868. The van der Waals surface area contributed by atoms with Gasteiger partial charge in [0.2, 0.25) is 0 Å². The molecule has 1 aromatic rings. The summed E-state index contributed by atoms with van der Waals surface area (Å²) in [4.78, 5) is 8.30. The first kappa shape index (κ1) is 14.9. The fraction of sp³-hybridized carbons (Fsp3) is 0.800. The number of nitrogens with one attached hydrogen (secondary N) is 1. The molecule has 0 spiro atoms. The lowest BCUT2D eigenvalue weighted by molar-refractivity contribution is 0.162.